The molecule has 0 saturated carbocycles. The molecule has 0 aliphatic carbocycles. The van der Waals surface area contributed by atoms with E-state index in [9.17, 15) is 4.79 Å². The SMILES string of the molecule is CCCCCC(C)NC(=O)S.NC(=O)S.[Sb]. The summed E-state index contributed by atoms with van der Waals surface area (Å²) in [5.74, 6) is 0. The third-order valence-electron chi connectivity index (χ3n) is 1.61. The van der Waals surface area contributed by atoms with Gasteiger partial charge in [0.05, 0.1) is 0 Å². The Kier molecular flexibility index (Phi) is 21.0. The van der Waals surface area contributed by atoms with Gasteiger partial charge in [0.15, 0.2) is 0 Å². The summed E-state index contributed by atoms with van der Waals surface area (Å²) < 4.78 is 0. The number of primary amides is 1. The molecular formula is C9H20N2O2S2Sb. The van der Waals surface area contributed by atoms with Gasteiger partial charge in [0, 0.05) is 30.5 Å². The Morgan fingerprint density at radius 3 is 2.06 bits per heavy atom. The van der Waals surface area contributed by atoms with E-state index in [4.69, 9.17) is 4.79 Å². The number of unbranched alkanes of at least 4 members (excludes halogenated alkanes) is 2. The summed E-state index contributed by atoms with van der Waals surface area (Å²) in [6.45, 7) is 4.17. The minimum absolute atomic E-state index is 0. The minimum atomic E-state index is -0.639. The van der Waals surface area contributed by atoms with Crippen molar-refractivity contribution < 1.29 is 9.59 Å². The summed E-state index contributed by atoms with van der Waals surface area (Å²) in [7, 11) is 0. The molecule has 16 heavy (non-hydrogen) atoms. The van der Waals surface area contributed by atoms with Gasteiger partial charge in [-0.3, -0.25) is 9.59 Å². The number of carbonyl (C=O) groups is 2. The van der Waals surface area contributed by atoms with E-state index < -0.39 is 5.24 Å². The van der Waals surface area contributed by atoms with Crippen LogP contribution >= 0.6 is 25.3 Å². The molecule has 4 nitrogen and oxygen atoms in total. The second-order valence-corrected chi connectivity index (χ2v) is 4.03. The molecule has 3 radical (unpaired) electrons. The van der Waals surface area contributed by atoms with E-state index in [1.165, 1.54) is 19.3 Å². The Balaban J connectivity index is -0.000000292. The van der Waals surface area contributed by atoms with Gasteiger partial charge in [-0.1, -0.05) is 51.4 Å². The van der Waals surface area contributed by atoms with Crippen LogP contribution in [0.4, 0.5) is 9.59 Å². The quantitative estimate of drug-likeness (QED) is 0.339. The Morgan fingerprint density at radius 2 is 1.75 bits per heavy atom. The summed E-state index contributed by atoms with van der Waals surface area (Å²) >= 11 is 6.74. The van der Waals surface area contributed by atoms with Crippen molar-refractivity contribution in [3.63, 3.8) is 0 Å². The molecule has 1 atom stereocenters. The van der Waals surface area contributed by atoms with Crippen LogP contribution in [0.5, 0.6) is 0 Å². The summed E-state index contributed by atoms with van der Waals surface area (Å²) in [6, 6.07) is 0.270. The Morgan fingerprint density at radius 1 is 1.31 bits per heavy atom. The molecule has 0 rings (SSSR count). The monoisotopic (exact) mass is 373 g/mol. The van der Waals surface area contributed by atoms with Gasteiger partial charge in [-0.25, -0.2) is 0 Å². The third kappa shape index (κ3) is 29.3. The predicted octanol–water partition coefficient (Wildman–Crippen LogP) is 2.21. The van der Waals surface area contributed by atoms with E-state index in [2.05, 4.69) is 43.2 Å². The molecule has 0 aliphatic heterocycles. The third-order valence-corrected chi connectivity index (χ3v) is 1.74. The van der Waals surface area contributed by atoms with Crippen LogP contribution in [0.1, 0.15) is 39.5 Å². The van der Waals surface area contributed by atoms with Crippen molar-refractivity contribution in [2.24, 2.45) is 5.73 Å². The van der Waals surface area contributed by atoms with Crippen LogP contribution in [0.15, 0.2) is 0 Å². The smallest absolute Gasteiger partial charge is 0.276 e. The molecule has 7 heteroatoms. The number of hydrogen-bond donors (Lipinski definition) is 4. The van der Waals surface area contributed by atoms with Crippen molar-refractivity contribution in [3.8, 4) is 0 Å². The number of amides is 2. The molecule has 0 aromatic carbocycles. The van der Waals surface area contributed by atoms with Crippen molar-refractivity contribution in [1.82, 2.24) is 5.32 Å². The van der Waals surface area contributed by atoms with Gasteiger partial charge >= 0.3 is 0 Å². The van der Waals surface area contributed by atoms with Gasteiger partial charge in [0.25, 0.3) is 10.5 Å². The first-order valence-electron chi connectivity index (χ1n) is 4.88. The van der Waals surface area contributed by atoms with Gasteiger partial charge in [-0.2, -0.15) is 0 Å². The molecule has 0 saturated heterocycles. The molecule has 3 N–H and O–H groups in total. The second-order valence-electron chi connectivity index (χ2n) is 3.18. The summed E-state index contributed by atoms with van der Waals surface area (Å²) in [6.07, 6.45) is 4.71. The van der Waals surface area contributed by atoms with E-state index in [-0.39, 0.29) is 35.7 Å². The average Bonchev–Trinajstić information content (AvgIpc) is 2.02. The van der Waals surface area contributed by atoms with Crippen LogP contribution in [-0.2, 0) is 0 Å². The standard InChI is InChI=1S/C8H17NOS.CH3NOS.Sb/c1-3-4-5-6-7(2)9-8(10)11;2-1(3)4;/h7H,3-6H2,1-2H3,(H2,9,10,11);(H3,2,3,4);. The van der Waals surface area contributed by atoms with Crippen molar-refractivity contribution in [2.45, 2.75) is 45.6 Å². The largest absolute Gasteiger partial charge is 0.361 e. The van der Waals surface area contributed by atoms with Crippen LogP contribution in [0.2, 0.25) is 0 Å². The van der Waals surface area contributed by atoms with Gasteiger partial charge < -0.3 is 11.1 Å². The molecule has 0 aromatic rings. The number of rotatable bonds is 5. The molecule has 0 aromatic heterocycles. The maximum absolute atomic E-state index is 10.4. The second kappa shape index (κ2) is 15.5. The van der Waals surface area contributed by atoms with Gasteiger partial charge in [0.2, 0.25) is 0 Å². The maximum atomic E-state index is 10.4. The van der Waals surface area contributed by atoms with E-state index in [0.29, 0.717) is 0 Å². The molecule has 0 fully saturated rings. The predicted molar refractivity (Wildman–Crippen MR) is 75.4 cm³/mol. The Hall–Kier alpha value is 0.458. The van der Waals surface area contributed by atoms with Crippen LogP contribution in [0.25, 0.3) is 0 Å². The summed E-state index contributed by atoms with van der Waals surface area (Å²) in [5.41, 5.74) is 4.34. The first kappa shape index (κ1) is 21.7. The van der Waals surface area contributed by atoms with E-state index in [0.717, 1.165) is 6.42 Å². The molecule has 95 valence electrons. The number of hydrogen-bond acceptors (Lipinski definition) is 2. The first-order valence-corrected chi connectivity index (χ1v) is 5.77. The van der Waals surface area contributed by atoms with E-state index in [1.807, 2.05) is 6.92 Å². The molecule has 2 amide bonds. The van der Waals surface area contributed by atoms with Crippen molar-refractivity contribution in [1.29, 1.82) is 0 Å². The molecule has 0 heterocycles. The van der Waals surface area contributed by atoms with Crippen molar-refractivity contribution in [3.05, 3.63) is 0 Å². The summed E-state index contributed by atoms with van der Waals surface area (Å²) in [5, 5.41) is 1.86. The molecule has 0 bridgehead atoms. The van der Waals surface area contributed by atoms with Crippen LogP contribution < -0.4 is 11.1 Å². The van der Waals surface area contributed by atoms with Crippen molar-refractivity contribution in [2.75, 3.05) is 0 Å². The molecule has 0 aliphatic rings. The first-order chi connectivity index (χ1) is 6.90. The van der Waals surface area contributed by atoms with Crippen LogP contribution in [0.3, 0.4) is 0 Å². The number of thiol groups is 2. The number of nitrogens with one attached hydrogen (secondary N) is 1. The van der Waals surface area contributed by atoms with Crippen molar-refractivity contribution >= 4 is 60.2 Å². The Bertz CT molecular complexity index is 190. The van der Waals surface area contributed by atoms with Gasteiger partial charge in [0.1, 0.15) is 0 Å². The zero-order valence-electron chi connectivity index (χ0n) is 9.64. The molecule has 1 unspecified atom stereocenters. The zero-order valence-corrected chi connectivity index (χ0v) is 14.0. The van der Waals surface area contributed by atoms with Crippen LogP contribution in [0, 0.1) is 0 Å². The van der Waals surface area contributed by atoms with E-state index >= 15 is 0 Å². The minimum Gasteiger partial charge on any atom is -0.361 e. The number of nitrogens with two attached hydrogens (primary N) is 1. The fraction of sp³-hybridized carbons (Fsp3) is 0.778. The average molecular weight is 374 g/mol. The fourth-order valence-electron chi connectivity index (χ4n) is 0.983. The number of carbonyl (C=O) groups excluding carboxylic acids is 2. The Labute approximate surface area is 126 Å². The molecule has 0 spiro atoms. The normalized spacial score (nSPS) is 10.2. The topological polar surface area (TPSA) is 72.2 Å². The van der Waals surface area contributed by atoms with Crippen LogP contribution in [-0.4, -0.2) is 40.9 Å². The molecular weight excluding hydrogens is 354 g/mol. The van der Waals surface area contributed by atoms with Gasteiger partial charge in [-0.15, -0.1) is 0 Å². The maximum Gasteiger partial charge on any atom is 0.276 e. The van der Waals surface area contributed by atoms with Gasteiger partial charge in [-0.05, 0) is 13.3 Å². The van der Waals surface area contributed by atoms with E-state index in [1.54, 1.807) is 0 Å². The zero-order chi connectivity index (χ0) is 12.3. The summed E-state index contributed by atoms with van der Waals surface area (Å²) in [4.78, 5) is 19.5. The fourth-order valence-corrected chi connectivity index (χ4v) is 1.20.